The summed E-state index contributed by atoms with van der Waals surface area (Å²) in [5.41, 5.74) is -0.386. The van der Waals surface area contributed by atoms with Gasteiger partial charge in [0, 0.05) is 70.2 Å². The van der Waals surface area contributed by atoms with Crippen molar-refractivity contribution in [2.75, 3.05) is 47.3 Å². The topological polar surface area (TPSA) is 133 Å². The van der Waals surface area contributed by atoms with Gasteiger partial charge < -0.3 is 19.5 Å². The molecule has 1 aromatic carbocycles. The predicted octanol–water partition coefficient (Wildman–Crippen LogP) is 1.08. The summed E-state index contributed by atoms with van der Waals surface area (Å²) in [5, 5.41) is 10.9. The molecule has 1 amide bonds. The number of hydrogen-bond acceptors (Lipinski definition) is 9. The second kappa shape index (κ2) is 10.7. The Hall–Kier alpha value is -3.66. The molecule has 0 atom stereocenters. The fourth-order valence-electron chi connectivity index (χ4n) is 4.44. The average molecular weight is 590 g/mol. The summed E-state index contributed by atoms with van der Waals surface area (Å²) in [4.78, 5) is 39.0. The van der Waals surface area contributed by atoms with Crippen LogP contribution < -0.4 is 5.56 Å². The number of sulfonamides is 1. The first-order chi connectivity index (χ1) is 19.0. The molecule has 1 fully saturated rings. The van der Waals surface area contributed by atoms with E-state index in [1.165, 1.54) is 43.0 Å². The minimum absolute atomic E-state index is 0.0202. The van der Waals surface area contributed by atoms with Crippen LogP contribution in [0, 0.1) is 5.82 Å². The molecule has 1 saturated heterocycles. The number of carbonyl (C=O) groups excluding carboxylic acids is 1. The Morgan fingerprint density at radius 1 is 1.18 bits per heavy atom. The Labute approximate surface area is 233 Å². The molecule has 0 saturated carbocycles. The zero-order valence-electron chi connectivity index (χ0n) is 22.1. The Balaban J connectivity index is 1.45. The zero-order valence-corrected chi connectivity index (χ0v) is 23.7. The lowest BCUT2D eigenvalue weighted by Crippen LogP contribution is -2.48. The number of hydrogen-bond donors (Lipinski definition) is 1. The molecule has 1 aliphatic heterocycles. The van der Waals surface area contributed by atoms with Crippen LogP contribution in [0.15, 0.2) is 46.5 Å². The minimum Gasteiger partial charge on any atom is -0.501 e. The number of fused-ring (bicyclic) bond motifs is 1. The van der Waals surface area contributed by atoms with E-state index >= 15 is 0 Å². The molecule has 3 aromatic heterocycles. The van der Waals surface area contributed by atoms with Crippen molar-refractivity contribution < 1.29 is 22.7 Å². The second-order valence-electron chi connectivity index (χ2n) is 9.74. The van der Waals surface area contributed by atoms with Gasteiger partial charge in [-0.25, -0.2) is 31.5 Å². The van der Waals surface area contributed by atoms with Gasteiger partial charge in [-0.15, -0.1) is 11.3 Å². The summed E-state index contributed by atoms with van der Waals surface area (Å²) >= 11 is 1.12. The molecule has 4 heterocycles. The number of rotatable bonds is 7. The molecule has 0 unspecified atom stereocenters. The molecule has 1 aliphatic rings. The smallest absolute Gasteiger partial charge is 0.302 e. The normalized spacial score (nSPS) is 14.9. The molecular formula is C25H28FN7O5S2. The highest BCUT2D eigenvalue weighted by molar-refractivity contribution is 7.89. The number of halogens is 1. The van der Waals surface area contributed by atoms with Crippen LogP contribution in [0.25, 0.3) is 16.5 Å². The molecule has 5 rings (SSSR count). The third-order valence-corrected chi connectivity index (χ3v) is 9.70. The highest BCUT2D eigenvalue weighted by atomic mass is 32.2. The molecular weight excluding hydrogens is 561 g/mol. The second-order valence-corrected chi connectivity index (χ2v) is 13.0. The van der Waals surface area contributed by atoms with Crippen molar-refractivity contribution in [3.05, 3.63) is 63.4 Å². The van der Waals surface area contributed by atoms with Crippen molar-refractivity contribution in [2.45, 2.75) is 17.9 Å². The van der Waals surface area contributed by atoms with Crippen LogP contribution in [0.4, 0.5) is 4.39 Å². The number of imidazole rings is 1. The first-order valence-electron chi connectivity index (χ1n) is 12.4. The van der Waals surface area contributed by atoms with Gasteiger partial charge in [0.1, 0.15) is 17.4 Å². The van der Waals surface area contributed by atoms with Gasteiger partial charge in [0.2, 0.25) is 27.5 Å². The first-order valence-corrected chi connectivity index (χ1v) is 14.6. The van der Waals surface area contributed by atoms with Crippen LogP contribution >= 0.6 is 11.3 Å². The lowest BCUT2D eigenvalue weighted by atomic mass is 10.1. The molecule has 0 aliphatic carbocycles. The van der Waals surface area contributed by atoms with E-state index in [9.17, 15) is 27.5 Å². The molecule has 0 bridgehead atoms. The predicted molar refractivity (Wildman–Crippen MR) is 146 cm³/mol. The molecule has 212 valence electrons. The van der Waals surface area contributed by atoms with Gasteiger partial charge in [-0.2, -0.15) is 0 Å². The number of thiazole rings is 1. The van der Waals surface area contributed by atoms with Crippen LogP contribution in [-0.2, 0) is 27.8 Å². The van der Waals surface area contributed by atoms with Gasteiger partial charge in [0.25, 0.3) is 0 Å². The zero-order chi connectivity index (χ0) is 28.8. The molecule has 15 heteroatoms. The van der Waals surface area contributed by atoms with Crippen LogP contribution in [0.1, 0.15) is 10.4 Å². The van der Waals surface area contributed by atoms with Crippen LogP contribution in [0.3, 0.4) is 0 Å². The molecule has 0 spiro atoms. The van der Waals surface area contributed by atoms with Crippen LogP contribution in [0.2, 0.25) is 0 Å². The quantitative estimate of drug-likeness (QED) is 0.339. The largest absolute Gasteiger partial charge is 0.501 e. The van der Waals surface area contributed by atoms with Crippen molar-refractivity contribution in [2.24, 2.45) is 0 Å². The Morgan fingerprint density at radius 3 is 2.60 bits per heavy atom. The molecule has 1 N–H and O–H groups in total. The summed E-state index contributed by atoms with van der Waals surface area (Å²) < 4.78 is 43.2. The highest BCUT2D eigenvalue weighted by Gasteiger charge is 2.25. The monoisotopic (exact) mass is 589 g/mol. The van der Waals surface area contributed by atoms with Crippen LogP contribution in [0.5, 0.6) is 5.75 Å². The Kier molecular flexibility index (Phi) is 7.48. The molecule has 40 heavy (non-hydrogen) atoms. The summed E-state index contributed by atoms with van der Waals surface area (Å²) in [7, 11) is 0.828. The Bertz CT molecular complexity index is 1750. The number of benzene rings is 1. The maximum Gasteiger partial charge on any atom is 0.302 e. The van der Waals surface area contributed by atoms with Gasteiger partial charge in [-0.1, -0.05) is 6.07 Å². The van der Waals surface area contributed by atoms with Crippen molar-refractivity contribution in [3.63, 3.8) is 0 Å². The summed E-state index contributed by atoms with van der Waals surface area (Å²) in [6.45, 7) is 2.76. The lowest BCUT2D eigenvalue weighted by Gasteiger charge is -2.32. The summed E-state index contributed by atoms with van der Waals surface area (Å²) in [6.07, 6.45) is 4.63. The highest BCUT2D eigenvalue weighted by Crippen LogP contribution is 2.31. The van der Waals surface area contributed by atoms with E-state index < -0.39 is 27.1 Å². The van der Waals surface area contributed by atoms with E-state index in [4.69, 9.17) is 0 Å². The van der Waals surface area contributed by atoms with Crippen molar-refractivity contribution >= 4 is 33.0 Å². The van der Waals surface area contributed by atoms with E-state index in [1.54, 1.807) is 15.7 Å². The molecule has 12 nitrogen and oxygen atoms in total. The molecule has 4 aromatic rings. The number of carbonyl (C=O) groups is 1. The van der Waals surface area contributed by atoms with Crippen molar-refractivity contribution in [1.29, 1.82) is 0 Å². The van der Waals surface area contributed by atoms with Crippen molar-refractivity contribution in [1.82, 2.24) is 33.0 Å². The van der Waals surface area contributed by atoms with E-state index in [2.05, 4.69) is 14.9 Å². The number of amides is 1. The summed E-state index contributed by atoms with van der Waals surface area (Å²) in [5.74, 6) is -1.20. The first kappa shape index (κ1) is 27.9. The van der Waals surface area contributed by atoms with Crippen molar-refractivity contribution in [3.8, 4) is 16.5 Å². The van der Waals surface area contributed by atoms with E-state index in [0.717, 1.165) is 34.8 Å². The maximum absolute atomic E-state index is 13.9. The SMILES string of the molecule is CN1CCN(C(=O)Cn2ccn3c(=O)c(O)c(-c4ncc(Cc5ccc(F)cc5S(=O)(=O)N(C)C)s4)nc23)CC1. The molecule has 0 radical (unpaired) electrons. The van der Waals surface area contributed by atoms with Crippen LogP contribution in [-0.4, -0.2) is 99.8 Å². The minimum atomic E-state index is -3.91. The number of piperazine rings is 1. The lowest BCUT2D eigenvalue weighted by molar-refractivity contribution is -0.133. The fourth-order valence-corrected chi connectivity index (χ4v) is 6.49. The summed E-state index contributed by atoms with van der Waals surface area (Å²) in [6, 6.07) is 3.57. The van der Waals surface area contributed by atoms with Gasteiger partial charge in [0.15, 0.2) is 5.69 Å². The fraction of sp³-hybridized carbons (Fsp3) is 0.360. The number of nitrogens with zero attached hydrogens (tertiary/aromatic N) is 7. The Morgan fingerprint density at radius 2 is 1.90 bits per heavy atom. The number of aromatic hydroxyl groups is 1. The van der Waals surface area contributed by atoms with E-state index in [-0.39, 0.29) is 40.2 Å². The van der Waals surface area contributed by atoms with E-state index in [1.807, 2.05) is 7.05 Å². The van der Waals surface area contributed by atoms with Gasteiger partial charge in [0.05, 0.1) is 4.90 Å². The standard InChI is InChI=1S/C25H28FN7O5S2/c1-29(2)40(37,38)19-13-17(26)5-4-16(19)12-18-14-27-23(39-18)21-22(35)24(36)33-11-10-32(25(33)28-21)15-20(34)31-8-6-30(3)7-9-31/h4-5,10-11,13-14,35H,6-9,12,15H2,1-3H3. The number of likely N-dealkylation sites (N-methyl/N-ethyl adjacent to an activating group) is 1. The maximum atomic E-state index is 13.9. The van der Waals surface area contributed by atoms with E-state index in [0.29, 0.717) is 23.5 Å². The van der Waals surface area contributed by atoms with Gasteiger partial charge >= 0.3 is 5.56 Å². The van der Waals surface area contributed by atoms with Gasteiger partial charge in [-0.3, -0.25) is 9.59 Å². The average Bonchev–Trinajstić information content (AvgIpc) is 3.54. The number of aromatic nitrogens is 4. The van der Waals surface area contributed by atoms with Gasteiger partial charge in [-0.05, 0) is 24.7 Å². The third-order valence-electron chi connectivity index (χ3n) is 6.80. The third kappa shape index (κ3) is 5.24.